The highest BCUT2D eigenvalue weighted by Gasteiger charge is 2.63. The van der Waals surface area contributed by atoms with Gasteiger partial charge in [-0.15, -0.1) is 0 Å². The second-order valence-corrected chi connectivity index (χ2v) is 4.99. The van der Waals surface area contributed by atoms with Crippen LogP contribution in [0.3, 0.4) is 0 Å². The van der Waals surface area contributed by atoms with E-state index in [-0.39, 0.29) is 0 Å². The molecule has 16 heavy (non-hydrogen) atoms. The van der Waals surface area contributed by atoms with E-state index in [2.05, 4.69) is 21.2 Å². The number of halogens is 1. The zero-order chi connectivity index (χ0) is 12.1. The zero-order valence-electron chi connectivity index (χ0n) is 8.08. The van der Waals surface area contributed by atoms with Crippen molar-refractivity contribution in [2.45, 2.75) is 34.8 Å². The smallest absolute Gasteiger partial charge is 0.408 e. The molecule has 2 fully saturated rings. The van der Waals surface area contributed by atoms with Gasteiger partial charge in [0.25, 0.3) is 0 Å². The molecule has 1 aliphatic carbocycles. The first-order chi connectivity index (χ1) is 7.44. The van der Waals surface area contributed by atoms with E-state index in [9.17, 15) is 25.2 Å². The third-order valence-electron chi connectivity index (χ3n) is 3.14. The molecule has 2 bridgehead atoms. The van der Waals surface area contributed by atoms with E-state index in [0.29, 0.717) is 0 Å². The lowest BCUT2D eigenvalue weighted by molar-refractivity contribution is -0.214. The average Bonchev–Trinajstić information content (AvgIpc) is 2.27. The molecular weight excluding hydrogens is 286 g/mol. The van der Waals surface area contributed by atoms with Gasteiger partial charge in [-0.25, -0.2) is 4.79 Å². The van der Waals surface area contributed by atoms with Gasteiger partial charge in [0, 0.05) is 0 Å². The number of carbonyl (C=O) groups is 1. The highest BCUT2D eigenvalue weighted by molar-refractivity contribution is 9.09. The van der Waals surface area contributed by atoms with Crippen molar-refractivity contribution in [2.24, 2.45) is 0 Å². The van der Waals surface area contributed by atoms with Gasteiger partial charge in [0.2, 0.25) is 0 Å². The van der Waals surface area contributed by atoms with Crippen molar-refractivity contribution in [3.8, 4) is 0 Å². The second-order valence-electron chi connectivity index (χ2n) is 4.00. The second kappa shape index (κ2) is 3.81. The Morgan fingerprint density at radius 2 is 2.00 bits per heavy atom. The fraction of sp³-hybridized carbons (Fsp3) is 0.875. The zero-order valence-corrected chi connectivity index (χ0v) is 9.66. The Hall–Kier alpha value is -0.410. The van der Waals surface area contributed by atoms with Gasteiger partial charge in [-0.05, 0) is 0 Å². The Labute approximate surface area is 99.2 Å². The number of alkyl halides is 1. The number of hydrogen-bond donors (Lipinski definition) is 5. The van der Waals surface area contributed by atoms with Gasteiger partial charge in [-0.3, -0.25) is 0 Å². The minimum atomic E-state index is -1.63. The summed E-state index contributed by atoms with van der Waals surface area (Å²) in [6.07, 6.45) is -5.22. The van der Waals surface area contributed by atoms with Gasteiger partial charge >= 0.3 is 6.09 Å². The summed E-state index contributed by atoms with van der Waals surface area (Å²) in [6, 6.07) is -0.827. The normalized spacial score (nSPS) is 51.8. The van der Waals surface area contributed by atoms with Crippen LogP contribution in [0.5, 0.6) is 0 Å². The molecule has 1 saturated heterocycles. The van der Waals surface area contributed by atoms with Gasteiger partial charge in [0.1, 0.15) is 18.3 Å². The molecule has 0 aromatic rings. The van der Waals surface area contributed by atoms with Gasteiger partial charge in [0.05, 0.1) is 17.5 Å². The molecular formula is C8H12BrNO6. The molecule has 0 aromatic carbocycles. The van der Waals surface area contributed by atoms with Crippen molar-refractivity contribution in [2.75, 3.05) is 6.61 Å². The Morgan fingerprint density at radius 1 is 1.38 bits per heavy atom. The van der Waals surface area contributed by atoms with Gasteiger partial charge in [-0.1, -0.05) is 15.9 Å². The van der Waals surface area contributed by atoms with Crippen molar-refractivity contribution < 1.29 is 30.0 Å². The number of carbonyl (C=O) groups excluding carboxylic acids is 1. The predicted molar refractivity (Wildman–Crippen MR) is 54.0 cm³/mol. The molecule has 6 unspecified atom stereocenters. The lowest BCUT2D eigenvalue weighted by Crippen LogP contribution is -2.78. The monoisotopic (exact) mass is 297 g/mol. The van der Waals surface area contributed by atoms with Crippen molar-refractivity contribution in [3.05, 3.63) is 0 Å². The molecule has 2 rings (SSSR count). The molecule has 7 nitrogen and oxygen atoms in total. The lowest BCUT2D eigenvalue weighted by atomic mass is 9.75. The Balaban J connectivity index is 2.42. The fourth-order valence-corrected chi connectivity index (χ4v) is 3.11. The topological polar surface area (TPSA) is 119 Å². The number of hydrogen-bond acceptors (Lipinski definition) is 6. The van der Waals surface area contributed by atoms with E-state index in [1.54, 1.807) is 0 Å². The molecule has 0 radical (unpaired) electrons. The molecule has 5 N–H and O–H groups in total. The van der Waals surface area contributed by atoms with Crippen LogP contribution in [0.25, 0.3) is 0 Å². The highest BCUT2D eigenvalue weighted by atomic mass is 79.9. The summed E-state index contributed by atoms with van der Waals surface area (Å²) in [5.74, 6) is 0. The Kier molecular flexibility index (Phi) is 2.87. The van der Waals surface area contributed by atoms with Crippen LogP contribution in [-0.4, -0.2) is 67.9 Å². The van der Waals surface area contributed by atoms with Crippen LogP contribution in [0.1, 0.15) is 0 Å². The van der Waals surface area contributed by atoms with Crippen LogP contribution in [-0.2, 0) is 4.74 Å². The third kappa shape index (κ3) is 1.37. The quantitative estimate of drug-likeness (QED) is 0.347. The number of aliphatic hydroxyl groups excluding tert-OH is 4. The maximum Gasteiger partial charge on any atom is 0.408 e. The van der Waals surface area contributed by atoms with Crippen molar-refractivity contribution in [1.29, 1.82) is 0 Å². The molecule has 2 aliphatic rings. The van der Waals surface area contributed by atoms with E-state index in [1.165, 1.54) is 0 Å². The largest absolute Gasteiger partial charge is 0.436 e. The number of aliphatic hydroxyl groups is 4. The fourth-order valence-electron chi connectivity index (χ4n) is 2.15. The number of amides is 1. The van der Waals surface area contributed by atoms with Crippen molar-refractivity contribution in [3.63, 3.8) is 0 Å². The standard InChI is InChI=1S/C8H12BrNO6/c9-5-2-3(12)4(13)6(14)8(5,1-11)16-7(15)10-2/h2-6,11-14H,1H2,(H,10,15). The summed E-state index contributed by atoms with van der Waals surface area (Å²) in [5, 5.41) is 40.6. The van der Waals surface area contributed by atoms with E-state index in [4.69, 9.17) is 4.74 Å². The number of nitrogens with one attached hydrogen (secondary N) is 1. The number of alkyl carbamates (subject to hydrolysis) is 1. The maximum absolute atomic E-state index is 11.2. The molecule has 6 atom stereocenters. The molecule has 1 amide bonds. The summed E-state index contributed by atoms with van der Waals surface area (Å²) >= 11 is 3.15. The number of fused-ring (bicyclic) bond motifs is 2. The third-order valence-corrected chi connectivity index (χ3v) is 4.48. The average molecular weight is 298 g/mol. The molecule has 0 spiro atoms. The van der Waals surface area contributed by atoms with Crippen LogP contribution in [0, 0.1) is 0 Å². The van der Waals surface area contributed by atoms with Crippen molar-refractivity contribution in [1.82, 2.24) is 5.32 Å². The van der Waals surface area contributed by atoms with Gasteiger partial charge in [0.15, 0.2) is 5.60 Å². The molecule has 1 aliphatic heterocycles. The van der Waals surface area contributed by atoms with E-state index in [0.717, 1.165) is 0 Å². The maximum atomic E-state index is 11.2. The van der Waals surface area contributed by atoms with Gasteiger partial charge in [-0.2, -0.15) is 0 Å². The summed E-state index contributed by atoms with van der Waals surface area (Å²) in [6.45, 7) is -0.655. The first kappa shape index (κ1) is 12.1. The van der Waals surface area contributed by atoms with Gasteiger partial charge < -0.3 is 30.5 Å². The van der Waals surface area contributed by atoms with E-state index < -0.39 is 47.5 Å². The van der Waals surface area contributed by atoms with Crippen LogP contribution < -0.4 is 5.32 Å². The van der Waals surface area contributed by atoms with Crippen LogP contribution >= 0.6 is 15.9 Å². The van der Waals surface area contributed by atoms with E-state index >= 15 is 0 Å². The minimum absolute atomic E-state index is 0.655. The number of rotatable bonds is 1. The molecule has 0 aromatic heterocycles. The Bertz CT molecular complexity index is 309. The highest BCUT2D eigenvalue weighted by Crippen LogP contribution is 2.40. The first-order valence-corrected chi connectivity index (χ1v) is 5.64. The van der Waals surface area contributed by atoms with Crippen LogP contribution in [0.2, 0.25) is 0 Å². The lowest BCUT2D eigenvalue weighted by Gasteiger charge is -2.53. The first-order valence-electron chi connectivity index (χ1n) is 4.72. The molecule has 1 saturated carbocycles. The summed E-state index contributed by atoms with van der Waals surface area (Å²) < 4.78 is 4.87. The molecule has 92 valence electrons. The van der Waals surface area contributed by atoms with Crippen molar-refractivity contribution >= 4 is 22.0 Å². The summed E-state index contributed by atoms with van der Waals surface area (Å²) in [7, 11) is 0. The summed E-state index contributed by atoms with van der Waals surface area (Å²) in [5.41, 5.74) is -1.63. The SMILES string of the molecule is O=C1NC2C(O)C(O)C(O)C(CO)(O1)C2Br. The molecule has 1 heterocycles. The Morgan fingerprint density at radius 3 is 2.56 bits per heavy atom. The predicted octanol–water partition coefficient (Wildman–Crippen LogP) is -2.31. The number of ether oxygens (including phenoxy) is 1. The van der Waals surface area contributed by atoms with Crippen LogP contribution in [0.4, 0.5) is 4.79 Å². The summed E-state index contributed by atoms with van der Waals surface area (Å²) in [4.78, 5) is 10.5. The van der Waals surface area contributed by atoms with E-state index in [1.807, 2.05) is 0 Å². The molecule has 8 heteroatoms. The van der Waals surface area contributed by atoms with Crippen LogP contribution in [0.15, 0.2) is 0 Å². The minimum Gasteiger partial charge on any atom is -0.436 e.